The van der Waals surface area contributed by atoms with Gasteiger partial charge in [-0.25, -0.2) is 4.98 Å². The number of nitrogens with zero attached hydrogens (tertiary/aromatic N) is 2. The number of aromatic nitrogens is 2. The van der Waals surface area contributed by atoms with Crippen molar-refractivity contribution < 1.29 is 0 Å². The van der Waals surface area contributed by atoms with Gasteiger partial charge in [0.2, 0.25) is 0 Å². The average molecular weight is 251 g/mol. The van der Waals surface area contributed by atoms with Crippen LogP contribution in [0.5, 0.6) is 0 Å². The summed E-state index contributed by atoms with van der Waals surface area (Å²) in [6.07, 6.45) is 0. The molecule has 3 aromatic rings. The minimum atomic E-state index is -0.108. The lowest BCUT2D eigenvalue weighted by atomic mass is 10.2. The summed E-state index contributed by atoms with van der Waals surface area (Å²) in [5.74, 6) is 0. The number of hydrogen-bond donors (Lipinski definition) is 1. The summed E-state index contributed by atoms with van der Waals surface area (Å²) in [5, 5.41) is 0. The van der Waals surface area contributed by atoms with E-state index in [1.165, 1.54) is 0 Å². The van der Waals surface area contributed by atoms with Gasteiger partial charge in [-0.2, -0.15) is 0 Å². The first-order chi connectivity index (χ1) is 9.16. The molecule has 19 heavy (non-hydrogen) atoms. The topological polar surface area (TPSA) is 60.9 Å². The SMILES string of the molecule is Cc1nc2ccccc2n(-c2ccc(N)cc2)c1=O. The van der Waals surface area contributed by atoms with Crippen LogP contribution in [-0.4, -0.2) is 9.55 Å². The highest BCUT2D eigenvalue weighted by Crippen LogP contribution is 2.16. The van der Waals surface area contributed by atoms with Gasteiger partial charge in [-0.15, -0.1) is 0 Å². The fourth-order valence-corrected chi connectivity index (χ4v) is 2.13. The monoisotopic (exact) mass is 251 g/mol. The lowest BCUT2D eigenvalue weighted by molar-refractivity contribution is 0.981. The first-order valence-corrected chi connectivity index (χ1v) is 6.01. The zero-order valence-electron chi connectivity index (χ0n) is 10.5. The minimum Gasteiger partial charge on any atom is -0.399 e. The van der Waals surface area contributed by atoms with Crippen LogP contribution in [0.3, 0.4) is 0 Å². The number of para-hydroxylation sites is 2. The van der Waals surface area contributed by atoms with Crippen LogP contribution >= 0.6 is 0 Å². The summed E-state index contributed by atoms with van der Waals surface area (Å²) in [5.41, 5.74) is 9.12. The zero-order chi connectivity index (χ0) is 13.4. The van der Waals surface area contributed by atoms with Crippen LogP contribution < -0.4 is 11.3 Å². The van der Waals surface area contributed by atoms with Crippen LogP contribution in [0.1, 0.15) is 5.69 Å². The van der Waals surface area contributed by atoms with Gasteiger partial charge in [-0.05, 0) is 43.3 Å². The second kappa shape index (κ2) is 4.24. The van der Waals surface area contributed by atoms with Crippen molar-refractivity contribution in [3.8, 4) is 5.69 Å². The van der Waals surface area contributed by atoms with Crippen molar-refractivity contribution in [2.75, 3.05) is 5.73 Å². The molecule has 0 fully saturated rings. The smallest absolute Gasteiger partial charge is 0.277 e. The molecule has 1 aromatic heterocycles. The van der Waals surface area contributed by atoms with E-state index < -0.39 is 0 Å². The fourth-order valence-electron chi connectivity index (χ4n) is 2.13. The van der Waals surface area contributed by atoms with E-state index in [0.29, 0.717) is 11.4 Å². The van der Waals surface area contributed by atoms with Crippen LogP contribution in [0.15, 0.2) is 53.3 Å². The standard InChI is InChI=1S/C15H13N3O/c1-10-15(19)18(12-8-6-11(16)7-9-12)14-5-3-2-4-13(14)17-10/h2-9H,16H2,1H3. The Balaban J connectivity index is 2.42. The van der Waals surface area contributed by atoms with E-state index in [0.717, 1.165) is 16.7 Å². The molecule has 0 aliphatic carbocycles. The number of nitrogens with two attached hydrogens (primary N) is 1. The Morgan fingerprint density at radius 1 is 1.05 bits per heavy atom. The summed E-state index contributed by atoms with van der Waals surface area (Å²) in [6, 6.07) is 14.8. The van der Waals surface area contributed by atoms with Crippen LogP contribution in [0, 0.1) is 6.92 Å². The third kappa shape index (κ3) is 1.87. The highest BCUT2D eigenvalue weighted by molar-refractivity contribution is 5.76. The maximum Gasteiger partial charge on any atom is 0.277 e. The molecule has 3 rings (SSSR count). The molecule has 0 amide bonds. The summed E-state index contributed by atoms with van der Waals surface area (Å²) in [4.78, 5) is 16.7. The average Bonchev–Trinajstić information content (AvgIpc) is 2.42. The van der Waals surface area contributed by atoms with E-state index in [1.54, 1.807) is 23.6 Å². The molecule has 0 aliphatic rings. The molecule has 0 saturated heterocycles. The number of nitrogen functional groups attached to an aromatic ring is 1. The molecule has 0 spiro atoms. The van der Waals surface area contributed by atoms with Crippen LogP contribution in [0.25, 0.3) is 16.7 Å². The highest BCUT2D eigenvalue weighted by Gasteiger charge is 2.09. The fraction of sp³-hybridized carbons (Fsp3) is 0.0667. The van der Waals surface area contributed by atoms with E-state index in [2.05, 4.69) is 4.98 Å². The van der Waals surface area contributed by atoms with Crippen molar-refractivity contribution in [1.29, 1.82) is 0 Å². The predicted octanol–water partition coefficient (Wildman–Crippen LogP) is 2.28. The van der Waals surface area contributed by atoms with E-state index in [4.69, 9.17) is 5.73 Å². The molecular formula is C15H13N3O. The summed E-state index contributed by atoms with van der Waals surface area (Å²) in [6.45, 7) is 1.72. The minimum absolute atomic E-state index is 0.108. The molecule has 0 atom stereocenters. The molecule has 0 bridgehead atoms. The molecule has 0 radical (unpaired) electrons. The lowest BCUT2D eigenvalue weighted by Crippen LogP contribution is -2.22. The second-order valence-electron chi connectivity index (χ2n) is 4.42. The lowest BCUT2D eigenvalue weighted by Gasteiger charge is -2.11. The highest BCUT2D eigenvalue weighted by atomic mass is 16.1. The van der Waals surface area contributed by atoms with Gasteiger partial charge in [0.25, 0.3) is 5.56 Å². The van der Waals surface area contributed by atoms with Gasteiger partial charge >= 0.3 is 0 Å². The Morgan fingerprint density at radius 2 is 1.74 bits per heavy atom. The van der Waals surface area contributed by atoms with Crippen molar-refractivity contribution in [2.24, 2.45) is 0 Å². The van der Waals surface area contributed by atoms with Gasteiger partial charge in [-0.1, -0.05) is 12.1 Å². The molecule has 2 N–H and O–H groups in total. The van der Waals surface area contributed by atoms with Crippen molar-refractivity contribution in [2.45, 2.75) is 6.92 Å². The van der Waals surface area contributed by atoms with Gasteiger partial charge in [-0.3, -0.25) is 9.36 Å². The largest absolute Gasteiger partial charge is 0.399 e. The number of anilines is 1. The van der Waals surface area contributed by atoms with Crippen LogP contribution in [0.2, 0.25) is 0 Å². The summed E-state index contributed by atoms with van der Waals surface area (Å²) >= 11 is 0. The van der Waals surface area contributed by atoms with E-state index in [-0.39, 0.29) is 5.56 Å². The Hall–Kier alpha value is -2.62. The van der Waals surface area contributed by atoms with E-state index in [9.17, 15) is 4.79 Å². The molecule has 0 aliphatic heterocycles. The Morgan fingerprint density at radius 3 is 2.47 bits per heavy atom. The Kier molecular flexibility index (Phi) is 2.56. The predicted molar refractivity (Wildman–Crippen MR) is 76.5 cm³/mol. The maximum atomic E-state index is 12.3. The van der Waals surface area contributed by atoms with Crippen molar-refractivity contribution in [3.63, 3.8) is 0 Å². The van der Waals surface area contributed by atoms with E-state index >= 15 is 0 Å². The first kappa shape index (κ1) is 11.5. The molecule has 1 heterocycles. The summed E-state index contributed by atoms with van der Waals surface area (Å²) in [7, 11) is 0. The number of fused-ring (bicyclic) bond motifs is 1. The Labute approximate surface area is 110 Å². The van der Waals surface area contributed by atoms with Gasteiger partial charge in [0, 0.05) is 11.4 Å². The van der Waals surface area contributed by atoms with Crippen molar-refractivity contribution in [1.82, 2.24) is 9.55 Å². The van der Waals surface area contributed by atoms with Crippen LogP contribution in [0.4, 0.5) is 5.69 Å². The molecule has 4 nitrogen and oxygen atoms in total. The third-order valence-corrected chi connectivity index (χ3v) is 3.07. The zero-order valence-corrected chi connectivity index (χ0v) is 10.5. The normalized spacial score (nSPS) is 10.8. The number of hydrogen-bond acceptors (Lipinski definition) is 3. The molecule has 0 unspecified atom stereocenters. The number of rotatable bonds is 1. The van der Waals surface area contributed by atoms with Crippen molar-refractivity contribution in [3.05, 3.63) is 64.6 Å². The second-order valence-corrected chi connectivity index (χ2v) is 4.42. The van der Waals surface area contributed by atoms with Gasteiger partial charge in [0.05, 0.1) is 11.0 Å². The van der Waals surface area contributed by atoms with Gasteiger partial charge < -0.3 is 5.73 Å². The Bertz CT molecular complexity index is 804. The van der Waals surface area contributed by atoms with E-state index in [1.807, 2.05) is 36.4 Å². The molecule has 0 saturated carbocycles. The quantitative estimate of drug-likeness (QED) is 0.675. The number of aryl methyl sites for hydroxylation is 1. The molecule has 94 valence electrons. The third-order valence-electron chi connectivity index (χ3n) is 3.07. The number of benzene rings is 2. The van der Waals surface area contributed by atoms with Gasteiger partial charge in [0.15, 0.2) is 0 Å². The van der Waals surface area contributed by atoms with Gasteiger partial charge in [0.1, 0.15) is 5.69 Å². The molecular weight excluding hydrogens is 238 g/mol. The maximum absolute atomic E-state index is 12.3. The summed E-state index contributed by atoms with van der Waals surface area (Å²) < 4.78 is 1.66. The van der Waals surface area contributed by atoms with Crippen LogP contribution in [-0.2, 0) is 0 Å². The first-order valence-electron chi connectivity index (χ1n) is 6.01. The molecule has 2 aromatic carbocycles. The van der Waals surface area contributed by atoms with Crippen molar-refractivity contribution >= 4 is 16.7 Å². The molecule has 4 heteroatoms.